The van der Waals surface area contributed by atoms with Crippen molar-refractivity contribution in [1.82, 2.24) is 5.43 Å². The SMILES string of the molecule is COc1ccc(C(=O)N/N=C(/C)CC(=O)Nc2ccc(Cl)cc2Cl)cc1OC. The van der Waals surface area contributed by atoms with Gasteiger partial charge in [-0.05, 0) is 43.3 Å². The molecule has 0 bridgehead atoms. The zero-order valence-electron chi connectivity index (χ0n) is 15.5. The first-order valence-corrected chi connectivity index (χ1v) is 8.90. The molecule has 0 radical (unpaired) electrons. The number of nitrogens with zero attached hydrogens (tertiary/aromatic N) is 1. The molecule has 0 heterocycles. The number of rotatable bonds is 7. The summed E-state index contributed by atoms with van der Waals surface area (Å²) in [7, 11) is 2.99. The Bertz CT molecular complexity index is 916. The van der Waals surface area contributed by atoms with E-state index < -0.39 is 5.91 Å². The minimum absolute atomic E-state index is 0.0226. The normalized spacial score (nSPS) is 11.0. The van der Waals surface area contributed by atoms with Crippen LogP contribution in [0.1, 0.15) is 23.7 Å². The predicted molar refractivity (Wildman–Crippen MR) is 110 cm³/mol. The van der Waals surface area contributed by atoms with Gasteiger partial charge in [-0.15, -0.1) is 0 Å². The number of carbonyl (C=O) groups excluding carboxylic acids is 2. The van der Waals surface area contributed by atoms with Gasteiger partial charge in [0.25, 0.3) is 5.91 Å². The second-order valence-electron chi connectivity index (χ2n) is 5.71. The van der Waals surface area contributed by atoms with E-state index in [1.54, 1.807) is 31.2 Å². The first-order valence-electron chi connectivity index (χ1n) is 8.14. The number of hydrogen-bond donors (Lipinski definition) is 2. The Morgan fingerprint density at radius 3 is 2.39 bits per heavy atom. The molecule has 0 aliphatic rings. The number of halogens is 2. The predicted octanol–water partition coefficient (Wildman–Crippen LogP) is 4.15. The summed E-state index contributed by atoms with van der Waals surface area (Å²) in [4.78, 5) is 24.3. The molecule has 0 spiro atoms. The van der Waals surface area contributed by atoms with E-state index in [-0.39, 0.29) is 12.3 Å². The van der Waals surface area contributed by atoms with Crippen LogP contribution in [0.3, 0.4) is 0 Å². The van der Waals surface area contributed by atoms with Crippen LogP contribution in [-0.2, 0) is 4.79 Å². The summed E-state index contributed by atoms with van der Waals surface area (Å²) in [5.41, 5.74) is 3.60. The van der Waals surface area contributed by atoms with E-state index in [9.17, 15) is 9.59 Å². The standard InChI is InChI=1S/C19H19Cl2N3O4/c1-11(8-18(25)22-15-6-5-13(20)10-14(15)21)23-24-19(26)12-4-7-16(27-2)17(9-12)28-3/h4-7,9-10H,8H2,1-3H3,(H,22,25)(H,24,26)/b23-11-. The maximum Gasteiger partial charge on any atom is 0.271 e. The highest BCUT2D eigenvalue weighted by molar-refractivity contribution is 6.36. The highest BCUT2D eigenvalue weighted by Crippen LogP contribution is 2.27. The van der Waals surface area contributed by atoms with E-state index >= 15 is 0 Å². The molecule has 2 amide bonds. The van der Waals surface area contributed by atoms with Crippen LogP contribution in [0.5, 0.6) is 11.5 Å². The Balaban J connectivity index is 1.96. The Hall–Kier alpha value is -2.77. The molecule has 0 unspecified atom stereocenters. The molecule has 0 aromatic heterocycles. The molecule has 0 saturated heterocycles. The third-order valence-electron chi connectivity index (χ3n) is 3.62. The van der Waals surface area contributed by atoms with Crippen LogP contribution in [0.2, 0.25) is 10.0 Å². The minimum atomic E-state index is -0.443. The number of amides is 2. The number of anilines is 1. The second-order valence-corrected chi connectivity index (χ2v) is 6.55. The first kappa shape index (κ1) is 21.5. The van der Waals surface area contributed by atoms with Gasteiger partial charge in [0.2, 0.25) is 5.91 Å². The van der Waals surface area contributed by atoms with Crippen LogP contribution in [0, 0.1) is 0 Å². The summed E-state index contributed by atoms with van der Waals surface area (Å²) in [5, 5.41) is 7.41. The van der Waals surface area contributed by atoms with Crippen molar-refractivity contribution in [2.24, 2.45) is 5.10 Å². The molecule has 0 aliphatic heterocycles. The molecule has 2 rings (SSSR count). The van der Waals surface area contributed by atoms with Crippen molar-refractivity contribution in [2.45, 2.75) is 13.3 Å². The van der Waals surface area contributed by atoms with Crippen molar-refractivity contribution in [1.29, 1.82) is 0 Å². The maximum atomic E-state index is 12.2. The van der Waals surface area contributed by atoms with Gasteiger partial charge in [-0.25, -0.2) is 5.43 Å². The summed E-state index contributed by atoms with van der Waals surface area (Å²) in [5.74, 6) is 0.165. The molecule has 0 fully saturated rings. The van der Waals surface area contributed by atoms with Gasteiger partial charge in [0, 0.05) is 16.3 Å². The summed E-state index contributed by atoms with van der Waals surface area (Å²) in [6.45, 7) is 1.62. The molecule has 0 saturated carbocycles. The van der Waals surface area contributed by atoms with Gasteiger partial charge in [0.05, 0.1) is 31.4 Å². The van der Waals surface area contributed by atoms with Crippen molar-refractivity contribution in [2.75, 3.05) is 19.5 Å². The van der Waals surface area contributed by atoms with Crippen LogP contribution < -0.4 is 20.2 Å². The fourth-order valence-corrected chi connectivity index (χ4v) is 2.70. The third kappa shape index (κ3) is 5.87. The molecule has 9 heteroatoms. The van der Waals surface area contributed by atoms with Gasteiger partial charge in [0.15, 0.2) is 11.5 Å². The zero-order valence-corrected chi connectivity index (χ0v) is 17.0. The quantitative estimate of drug-likeness (QED) is 0.517. The zero-order chi connectivity index (χ0) is 20.7. The number of ether oxygens (including phenoxy) is 2. The molecule has 7 nitrogen and oxygen atoms in total. The van der Waals surface area contributed by atoms with E-state index in [4.69, 9.17) is 32.7 Å². The number of nitrogens with one attached hydrogen (secondary N) is 2. The lowest BCUT2D eigenvalue weighted by Gasteiger charge is -2.09. The lowest BCUT2D eigenvalue weighted by atomic mass is 10.2. The number of benzene rings is 2. The average molecular weight is 424 g/mol. The molecule has 0 aliphatic carbocycles. The van der Waals surface area contributed by atoms with Gasteiger partial charge < -0.3 is 14.8 Å². The lowest BCUT2D eigenvalue weighted by molar-refractivity contribution is -0.115. The van der Waals surface area contributed by atoms with Gasteiger partial charge in [-0.3, -0.25) is 9.59 Å². The Labute approximate surface area is 172 Å². The van der Waals surface area contributed by atoms with Crippen molar-refractivity contribution < 1.29 is 19.1 Å². The highest BCUT2D eigenvalue weighted by Gasteiger charge is 2.11. The highest BCUT2D eigenvalue weighted by atomic mass is 35.5. The van der Waals surface area contributed by atoms with E-state index in [0.717, 1.165) is 0 Å². The van der Waals surface area contributed by atoms with Crippen LogP contribution in [0.4, 0.5) is 5.69 Å². The maximum absolute atomic E-state index is 12.2. The lowest BCUT2D eigenvalue weighted by Crippen LogP contribution is -2.21. The molecule has 28 heavy (non-hydrogen) atoms. The van der Waals surface area contributed by atoms with Gasteiger partial charge in [-0.1, -0.05) is 23.2 Å². The van der Waals surface area contributed by atoms with E-state index in [2.05, 4.69) is 15.8 Å². The molecule has 2 aromatic rings. The second kappa shape index (κ2) is 9.96. The first-order chi connectivity index (χ1) is 13.3. The molecule has 0 atom stereocenters. The Morgan fingerprint density at radius 1 is 1.04 bits per heavy atom. The molecule has 2 N–H and O–H groups in total. The fraction of sp³-hybridized carbons (Fsp3) is 0.211. The van der Waals surface area contributed by atoms with Gasteiger partial charge in [-0.2, -0.15) is 5.10 Å². The molecule has 148 valence electrons. The summed E-state index contributed by atoms with van der Waals surface area (Å²) < 4.78 is 10.3. The monoisotopic (exact) mass is 423 g/mol. The topological polar surface area (TPSA) is 89.0 Å². The number of hydrogen-bond acceptors (Lipinski definition) is 5. The van der Waals surface area contributed by atoms with E-state index in [1.165, 1.54) is 26.4 Å². The van der Waals surface area contributed by atoms with E-state index in [1.807, 2.05) is 0 Å². The van der Waals surface area contributed by atoms with E-state index in [0.29, 0.717) is 38.5 Å². The van der Waals surface area contributed by atoms with Crippen molar-refractivity contribution in [3.8, 4) is 11.5 Å². The smallest absolute Gasteiger partial charge is 0.271 e. The average Bonchev–Trinajstić information content (AvgIpc) is 2.67. The third-order valence-corrected chi connectivity index (χ3v) is 4.16. The van der Waals surface area contributed by atoms with Gasteiger partial charge >= 0.3 is 0 Å². The van der Waals surface area contributed by atoms with Crippen LogP contribution in [0.25, 0.3) is 0 Å². The van der Waals surface area contributed by atoms with Crippen LogP contribution in [-0.4, -0.2) is 31.7 Å². The number of methoxy groups -OCH3 is 2. The molecular formula is C19H19Cl2N3O4. The van der Waals surface area contributed by atoms with Crippen molar-refractivity contribution >= 4 is 46.4 Å². The van der Waals surface area contributed by atoms with Crippen molar-refractivity contribution in [3.63, 3.8) is 0 Å². The summed E-state index contributed by atoms with van der Waals surface area (Å²) >= 11 is 11.8. The molecule has 2 aromatic carbocycles. The molecular weight excluding hydrogens is 405 g/mol. The van der Waals surface area contributed by atoms with Crippen LogP contribution in [0.15, 0.2) is 41.5 Å². The summed E-state index contributed by atoms with van der Waals surface area (Å²) in [6, 6.07) is 9.49. The minimum Gasteiger partial charge on any atom is -0.493 e. The van der Waals surface area contributed by atoms with Crippen LogP contribution >= 0.6 is 23.2 Å². The fourth-order valence-electron chi connectivity index (χ4n) is 2.25. The van der Waals surface area contributed by atoms with Crippen molar-refractivity contribution in [3.05, 3.63) is 52.0 Å². The Morgan fingerprint density at radius 2 is 1.75 bits per heavy atom. The van der Waals surface area contributed by atoms with Gasteiger partial charge in [0.1, 0.15) is 0 Å². The Kier molecular flexibility index (Phi) is 7.66. The summed E-state index contributed by atoms with van der Waals surface area (Å²) in [6.07, 6.45) is -0.0226. The largest absolute Gasteiger partial charge is 0.493 e. The number of carbonyl (C=O) groups is 2. The number of hydrazone groups is 1.